The number of rotatable bonds is 2. The number of benzene rings is 2. The van der Waals surface area contributed by atoms with E-state index < -0.39 is 5.82 Å². The van der Waals surface area contributed by atoms with E-state index in [1.54, 1.807) is 12.1 Å². The van der Waals surface area contributed by atoms with Crippen molar-refractivity contribution in [3.05, 3.63) is 68.8 Å². The summed E-state index contributed by atoms with van der Waals surface area (Å²) in [4.78, 5) is 16.7. The average molecular weight is 367 g/mol. The Morgan fingerprint density at radius 2 is 1.91 bits per heavy atom. The molecule has 1 N–H and O–H groups in total. The lowest BCUT2D eigenvalue weighted by Crippen LogP contribution is -2.19. The zero-order valence-electron chi connectivity index (χ0n) is 11.5. The number of hydrogen-bond donors (Lipinski definition) is 1. The molecular formula is C16H9Cl2FN2OS. The van der Waals surface area contributed by atoms with Crippen LogP contribution in [0.25, 0.3) is 6.08 Å². The lowest BCUT2D eigenvalue weighted by Gasteiger charge is -1.98. The summed E-state index contributed by atoms with van der Waals surface area (Å²) in [5, 5.41) is 3.59. The van der Waals surface area contributed by atoms with Gasteiger partial charge in [-0.15, -0.1) is 0 Å². The van der Waals surface area contributed by atoms with Gasteiger partial charge in [-0.05, 0) is 47.7 Å². The van der Waals surface area contributed by atoms with Crippen molar-refractivity contribution < 1.29 is 9.18 Å². The van der Waals surface area contributed by atoms with Gasteiger partial charge in [0.2, 0.25) is 0 Å². The molecule has 0 saturated carbocycles. The fraction of sp³-hybridized carbons (Fsp3) is 0. The Kier molecular flexibility index (Phi) is 4.71. The van der Waals surface area contributed by atoms with Crippen molar-refractivity contribution in [3.8, 4) is 0 Å². The Morgan fingerprint density at radius 3 is 2.65 bits per heavy atom. The summed E-state index contributed by atoms with van der Waals surface area (Å²) in [6.45, 7) is 0. The van der Waals surface area contributed by atoms with Crippen molar-refractivity contribution in [1.82, 2.24) is 5.32 Å². The number of thioether (sulfide) groups is 1. The summed E-state index contributed by atoms with van der Waals surface area (Å²) in [6.07, 6.45) is 1.70. The first kappa shape index (κ1) is 16.1. The molecule has 23 heavy (non-hydrogen) atoms. The molecule has 0 radical (unpaired) electrons. The van der Waals surface area contributed by atoms with Gasteiger partial charge >= 0.3 is 0 Å². The van der Waals surface area contributed by atoms with Crippen molar-refractivity contribution in [2.75, 3.05) is 0 Å². The van der Waals surface area contributed by atoms with Crippen LogP contribution in [0.1, 0.15) is 5.56 Å². The third kappa shape index (κ3) is 3.75. The Labute approximate surface area is 146 Å². The van der Waals surface area contributed by atoms with Crippen LogP contribution < -0.4 is 5.32 Å². The summed E-state index contributed by atoms with van der Waals surface area (Å²) < 4.78 is 13.1. The molecule has 0 aromatic heterocycles. The highest BCUT2D eigenvalue weighted by Gasteiger charge is 2.24. The highest BCUT2D eigenvalue weighted by molar-refractivity contribution is 8.18. The van der Waals surface area contributed by atoms with E-state index in [1.807, 2.05) is 18.2 Å². The van der Waals surface area contributed by atoms with E-state index in [2.05, 4.69) is 10.3 Å². The molecule has 3 nitrogen and oxygen atoms in total. The van der Waals surface area contributed by atoms with Crippen LogP contribution in [0.5, 0.6) is 0 Å². The van der Waals surface area contributed by atoms with Gasteiger partial charge in [-0.25, -0.2) is 9.38 Å². The van der Waals surface area contributed by atoms with E-state index in [0.29, 0.717) is 20.8 Å². The van der Waals surface area contributed by atoms with Crippen LogP contribution in [0.15, 0.2) is 52.4 Å². The maximum absolute atomic E-state index is 13.1. The van der Waals surface area contributed by atoms with Gasteiger partial charge in [0.1, 0.15) is 5.82 Å². The van der Waals surface area contributed by atoms with Crippen molar-refractivity contribution in [3.63, 3.8) is 0 Å². The number of nitrogens with zero attached hydrogens (tertiary/aromatic N) is 1. The Hall–Kier alpha value is -1.82. The van der Waals surface area contributed by atoms with Crippen molar-refractivity contribution >= 4 is 57.8 Å². The van der Waals surface area contributed by atoms with Gasteiger partial charge in [0.15, 0.2) is 5.17 Å². The minimum Gasteiger partial charge on any atom is -0.300 e. The number of carbonyl (C=O) groups excluding carboxylic acids is 1. The van der Waals surface area contributed by atoms with E-state index in [-0.39, 0.29) is 10.9 Å². The van der Waals surface area contributed by atoms with Crippen LogP contribution in [0.2, 0.25) is 10.0 Å². The minimum absolute atomic E-state index is 0.0204. The maximum Gasteiger partial charge on any atom is 0.264 e. The smallest absolute Gasteiger partial charge is 0.264 e. The zero-order valence-corrected chi connectivity index (χ0v) is 13.8. The number of halogens is 3. The molecule has 1 aliphatic rings. The molecule has 2 aromatic carbocycles. The standard InChI is InChI=1S/C16H9Cl2FN2OS/c17-11-4-2-1-3-9(11)7-14-15(22)21-16(23-14)20-10-5-6-13(19)12(18)8-10/h1-8H,(H,20,21,22). The lowest BCUT2D eigenvalue weighted by atomic mass is 10.2. The molecule has 0 atom stereocenters. The number of carbonyl (C=O) groups is 1. The van der Waals surface area contributed by atoms with E-state index in [9.17, 15) is 9.18 Å². The summed E-state index contributed by atoms with van der Waals surface area (Å²) in [7, 11) is 0. The van der Waals surface area contributed by atoms with Crippen LogP contribution in [-0.2, 0) is 4.79 Å². The Bertz CT molecular complexity index is 852. The van der Waals surface area contributed by atoms with E-state index in [4.69, 9.17) is 23.2 Å². The highest BCUT2D eigenvalue weighted by Crippen LogP contribution is 2.30. The molecule has 0 unspecified atom stereocenters. The molecule has 1 amide bonds. The van der Waals surface area contributed by atoms with Gasteiger partial charge in [-0.3, -0.25) is 4.79 Å². The zero-order chi connectivity index (χ0) is 16.4. The monoisotopic (exact) mass is 366 g/mol. The molecule has 0 bridgehead atoms. The highest BCUT2D eigenvalue weighted by atomic mass is 35.5. The molecule has 1 fully saturated rings. The second-order valence-corrected chi connectivity index (χ2v) is 6.45. The van der Waals surface area contributed by atoms with E-state index >= 15 is 0 Å². The fourth-order valence-electron chi connectivity index (χ4n) is 1.89. The minimum atomic E-state index is -0.516. The topological polar surface area (TPSA) is 41.5 Å². The maximum atomic E-state index is 13.1. The largest absolute Gasteiger partial charge is 0.300 e. The first-order valence-corrected chi connectivity index (χ1v) is 8.09. The molecule has 3 rings (SSSR count). The first-order valence-electron chi connectivity index (χ1n) is 6.52. The molecule has 0 aliphatic carbocycles. The summed E-state index contributed by atoms with van der Waals surface area (Å²) in [6, 6.07) is 11.3. The van der Waals surface area contributed by atoms with E-state index in [0.717, 1.165) is 5.56 Å². The second kappa shape index (κ2) is 6.74. The Balaban J connectivity index is 1.86. The summed E-state index contributed by atoms with van der Waals surface area (Å²) in [5.74, 6) is -0.778. The van der Waals surface area contributed by atoms with Crippen LogP contribution in [0.4, 0.5) is 10.1 Å². The molecule has 1 heterocycles. The quantitative estimate of drug-likeness (QED) is 0.757. The molecule has 1 saturated heterocycles. The number of nitrogens with one attached hydrogen (secondary N) is 1. The van der Waals surface area contributed by atoms with Crippen LogP contribution in [-0.4, -0.2) is 11.1 Å². The van der Waals surface area contributed by atoms with Gasteiger partial charge in [-0.2, -0.15) is 0 Å². The molecule has 2 aromatic rings. The van der Waals surface area contributed by atoms with Gasteiger partial charge in [-0.1, -0.05) is 41.4 Å². The van der Waals surface area contributed by atoms with Crippen LogP contribution in [0, 0.1) is 5.82 Å². The molecule has 116 valence electrons. The average Bonchev–Trinajstić information content (AvgIpc) is 2.85. The summed E-state index contributed by atoms with van der Waals surface area (Å²) in [5.41, 5.74) is 1.20. The molecule has 1 aliphatic heterocycles. The molecule has 7 heteroatoms. The number of amidine groups is 1. The van der Waals surface area contributed by atoms with Gasteiger partial charge < -0.3 is 5.32 Å². The van der Waals surface area contributed by atoms with Crippen molar-refractivity contribution in [1.29, 1.82) is 0 Å². The van der Waals surface area contributed by atoms with Crippen molar-refractivity contribution in [2.24, 2.45) is 4.99 Å². The molecule has 0 spiro atoms. The van der Waals surface area contributed by atoms with Gasteiger partial charge in [0, 0.05) is 5.02 Å². The predicted octanol–water partition coefficient (Wildman–Crippen LogP) is 5.02. The van der Waals surface area contributed by atoms with Crippen molar-refractivity contribution in [2.45, 2.75) is 0 Å². The first-order chi connectivity index (χ1) is 11.0. The fourth-order valence-corrected chi connectivity index (χ4v) is 3.08. The summed E-state index contributed by atoms with van der Waals surface area (Å²) >= 11 is 13.0. The SMILES string of the molecule is O=C1NC(=Nc2ccc(F)c(Cl)c2)SC1=Cc1ccccc1Cl. The van der Waals surface area contributed by atoms with Crippen LogP contribution in [0.3, 0.4) is 0 Å². The van der Waals surface area contributed by atoms with Gasteiger partial charge in [0.25, 0.3) is 5.91 Å². The number of aliphatic imine (C=N–C) groups is 1. The van der Waals surface area contributed by atoms with E-state index in [1.165, 1.54) is 30.0 Å². The van der Waals surface area contributed by atoms with Crippen LogP contribution >= 0.6 is 35.0 Å². The lowest BCUT2D eigenvalue weighted by molar-refractivity contribution is -0.115. The number of amides is 1. The molecular weight excluding hydrogens is 358 g/mol. The third-order valence-electron chi connectivity index (χ3n) is 2.98. The second-order valence-electron chi connectivity index (χ2n) is 4.60. The third-order valence-corrected chi connectivity index (χ3v) is 4.52. The Morgan fingerprint density at radius 1 is 1.13 bits per heavy atom. The number of hydrogen-bond acceptors (Lipinski definition) is 3. The predicted molar refractivity (Wildman–Crippen MR) is 93.7 cm³/mol. The van der Waals surface area contributed by atoms with Gasteiger partial charge in [0.05, 0.1) is 15.6 Å². The normalized spacial score (nSPS) is 17.8.